The van der Waals surface area contributed by atoms with Gasteiger partial charge in [-0.2, -0.15) is 0 Å². The summed E-state index contributed by atoms with van der Waals surface area (Å²) in [5.41, 5.74) is 0. The summed E-state index contributed by atoms with van der Waals surface area (Å²) < 4.78 is 5.26. The molecule has 0 spiro atoms. The Morgan fingerprint density at radius 1 is 1.25 bits per heavy atom. The number of rotatable bonds is 8. The van der Waals surface area contributed by atoms with Gasteiger partial charge in [-0.15, -0.1) is 0 Å². The monoisotopic (exact) mass is 237 g/mol. The summed E-state index contributed by atoms with van der Waals surface area (Å²) in [5, 5.41) is 1.12. The molecule has 0 aromatic rings. The second-order valence-corrected chi connectivity index (χ2v) is 3.69. The highest BCUT2D eigenvalue weighted by atomic mass is 79.9. The van der Waals surface area contributed by atoms with Crippen molar-refractivity contribution >= 4 is 15.9 Å². The predicted molar refractivity (Wildman–Crippen MR) is 57.0 cm³/mol. The van der Waals surface area contributed by atoms with E-state index in [9.17, 15) is 0 Å². The molecule has 0 rings (SSSR count). The highest BCUT2D eigenvalue weighted by Crippen LogP contribution is 1.95. The quantitative estimate of drug-likeness (QED) is 0.474. The van der Waals surface area contributed by atoms with Gasteiger partial charge in [-0.05, 0) is 33.4 Å². The van der Waals surface area contributed by atoms with E-state index in [1.807, 2.05) is 6.92 Å². The average molecular weight is 238 g/mol. The van der Waals surface area contributed by atoms with Gasteiger partial charge < -0.3 is 9.64 Å². The summed E-state index contributed by atoms with van der Waals surface area (Å²) in [4.78, 5) is 2.32. The van der Waals surface area contributed by atoms with E-state index in [-0.39, 0.29) is 0 Å². The molecule has 0 heterocycles. The van der Waals surface area contributed by atoms with Crippen molar-refractivity contribution in [3.63, 3.8) is 0 Å². The molecule has 0 saturated heterocycles. The van der Waals surface area contributed by atoms with Gasteiger partial charge in [0.1, 0.15) is 0 Å². The lowest BCUT2D eigenvalue weighted by atomic mass is 10.3. The second-order valence-electron chi connectivity index (χ2n) is 2.90. The van der Waals surface area contributed by atoms with Crippen LogP contribution in [0.4, 0.5) is 0 Å². The van der Waals surface area contributed by atoms with Crippen LogP contribution in [0.3, 0.4) is 0 Å². The number of alkyl halides is 1. The lowest BCUT2D eigenvalue weighted by Gasteiger charge is -2.15. The minimum atomic E-state index is 0.829. The van der Waals surface area contributed by atoms with E-state index in [0.29, 0.717) is 0 Å². The van der Waals surface area contributed by atoms with Crippen LogP contribution in [-0.4, -0.2) is 43.6 Å². The van der Waals surface area contributed by atoms with Crippen LogP contribution in [-0.2, 0) is 4.74 Å². The molecule has 0 saturated carbocycles. The van der Waals surface area contributed by atoms with Crippen LogP contribution in [0.2, 0.25) is 0 Å². The van der Waals surface area contributed by atoms with E-state index in [1.165, 1.54) is 19.4 Å². The van der Waals surface area contributed by atoms with Crippen LogP contribution in [0.15, 0.2) is 0 Å². The molecule has 0 atom stereocenters. The fourth-order valence-electron chi connectivity index (χ4n) is 0.953. The smallest absolute Gasteiger partial charge is 0.0593 e. The Labute approximate surface area is 84.4 Å². The third kappa shape index (κ3) is 8.50. The first-order valence-electron chi connectivity index (χ1n) is 4.63. The van der Waals surface area contributed by atoms with Gasteiger partial charge in [0, 0.05) is 18.5 Å². The first-order valence-corrected chi connectivity index (χ1v) is 5.75. The normalized spacial score (nSPS) is 11.0. The van der Waals surface area contributed by atoms with E-state index < -0.39 is 0 Å². The van der Waals surface area contributed by atoms with E-state index in [0.717, 1.165) is 25.1 Å². The van der Waals surface area contributed by atoms with E-state index in [2.05, 4.69) is 27.9 Å². The molecule has 0 radical (unpaired) electrons. The Hall–Kier alpha value is 0.400. The van der Waals surface area contributed by atoms with Crippen molar-refractivity contribution in [1.29, 1.82) is 0 Å². The molecule has 0 aliphatic carbocycles. The fourth-order valence-corrected chi connectivity index (χ4v) is 1.35. The summed E-state index contributed by atoms with van der Waals surface area (Å²) in [6, 6.07) is 0. The maximum absolute atomic E-state index is 5.26. The van der Waals surface area contributed by atoms with Crippen molar-refractivity contribution in [2.45, 2.75) is 19.8 Å². The molecule has 0 bridgehead atoms. The van der Waals surface area contributed by atoms with Gasteiger partial charge in [0.15, 0.2) is 0 Å². The Bertz CT molecular complexity index is 80.6. The van der Waals surface area contributed by atoms with Crippen LogP contribution in [0.1, 0.15) is 19.8 Å². The van der Waals surface area contributed by atoms with E-state index in [4.69, 9.17) is 4.74 Å². The van der Waals surface area contributed by atoms with Gasteiger partial charge in [-0.25, -0.2) is 0 Å². The summed E-state index contributed by atoms with van der Waals surface area (Å²) >= 11 is 3.42. The number of ether oxygens (including phenoxy) is 1. The first-order chi connectivity index (χ1) is 5.81. The number of likely N-dealkylation sites (N-methyl/N-ethyl adjacent to an activating group) is 1. The number of halogens is 1. The summed E-state index contributed by atoms with van der Waals surface area (Å²) in [6.45, 7) is 5.95. The molecule has 0 fully saturated rings. The zero-order valence-electron chi connectivity index (χ0n) is 8.18. The molecular formula is C9H20BrNO. The van der Waals surface area contributed by atoms with Gasteiger partial charge in [-0.1, -0.05) is 15.9 Å². The predicted octanol–water partition coefficient (Wildman–Crippen LogP) is 2.13. The maximum Gasteiger partial charge on any atom is 0.0593 e. The average Bonchev–Trinajstić information content (AvgIpc) is 2.06. The SMILES string of the molecule is CCOCCN(C)CCCCBr. The molecule has 0 amide bonds. The first kappa shape index (κ1) is 12.4. The summed E-state index contributed by atoms with van der Waals surface area (Å²) in [7, 11) is 2.15. The van der Waals surface area contributed by atoms with E-state index >= 15 is 0 Å². The minimum absolute atomic E-state index is 0.829. The van der Waals surface area contributed by atoms with Crippen LogP contribution in [0.5, 0.6) is 0 Å². The lowest BCUT2D eigenvalue weighted by molar-refractivity contribution is 0.122. The van der Waals surface area contributed by atoms with Crippen LogP contribution in [0.25, 0.3) is 0 Å². The van der Waals surface area contributed by atoms with Crippen LogP contribution in [0, 0.1) is 0 Å². The Balaban J connectivity index is 3.04. The second kappa shape index (κ2) is 9.49. The molecule has 0 N–H and O–H groups in total. The molecule has 3 heteroatoms. The molecule has 12 heavy (non-hydrogen) atoms. The molecule has 0 aliphatic rings. The number of hydrogen-bond donors (Lipinski definition) is 0. The molecule has 74 valence electrons. The molecule has 0 aromatic carbocycles. The third-order valence-corrected chi connectivity index (χ3v) is 2.31. The maximum atomic E-state index is 5.26. The van der Waals surface area contributed by atoms with Crippen molar-refractivity contribution in [3.05, 3.63) is 0 Å². The largest absolute Gasteiger partial charge is 0.380 e. The fraction of sp³-hybridized carbons (Fsp3) is 1.00. The van der Waals surface area contributed by atoms with Crippen molar-refractivity contribution in [3.8, 4) is 0 Å². The third-order valence-electron chi connectivity index (χ3n) is 1.74. The van der Waals surface area contributed by atoms with Gasteiger partial charge in [0.05, 0.1) is 6.61 Å². The van der Waals surface area contributed by atoms with E-state index in [1.54, 1.807) is 0 Å². The van der Waals surface area contributed by atoms with Crippen molar-refractivity contribution in [2.75, 3.05) is 38.7 Å². The van der Waals surface area contributed by atoms with Crippen LogP contribution < -0.4 is 0 Å². The number of unbranched alkanes of at least 4 members (excludes halogenated alkanes) is 1. The van der Waals surface area contributed by atoms with Gasteiger partial charge in [0.2, 0.25) is 0 Å². The Morgan fingerprint density at radius 3 is 2.58 bits per heavy atom. The Kier molecular flexibility index (Phi) is 9.80. The Morgan fingerprint density at radius 2 is 2.00 bits per heavy atom. The van der Waals surface area contributed by atoms with Gasteiger partial charge in [-0.3, -0.25) is 0 Å². The lowest BCUT2D eigenvalue weighted by Crippen LogP contribution is -2.24. The summed E-state index contributed by atoms with van der Waals surface area (Å²) in [6.07, 6.45) is 2.53. The van der Waals surface area contributed by atoms with Crippen molar-refractivity contribution in [2.24, 2.45) is 0 Å². The topological polar surface area (TPSA) is 12.5 Å². The molecular weight excluding hydrogens is 218 g/mol. The van der Waals surface area contributed by atoms with Gasteiger partial charge in [0.25, 0.3) is 0 Å². The molecule has 0 aliphatic heterocycles. The van der Waals surface area contributed by atoms with Crippen LogP contribution >= 0.6 is 15.9 Å². The minimum Gasteiger partial charge on any atom is -0.380 e. The molecule has 0 unspecified atom stereocenters. The standard InChI is InChI=1S/C9H20BrNO/c1-3-12-9-8-11(2)7-5-4-6-10/h3-9H2,1-2H3. The zero-order valence-corrected chi connectivity index (χ0v) is 9.77. The summed E-state index contributed by atoms with van der Waals surface area (Å²) in [5.74, 6) is 0. The highest BCUT2D eigenvalue weighted by molar-refractivity contribution is 9.09. The molecule has 2 nitrogen and oxygen atoms in total. The van der Waals surface area contributed by atoms with Gasteiger partial charge >= 0.3 is 0 Å². The number of nitrogens with zero attached hydrogens (tertiary/aromatic N) is 1. The number of hydrogen-bond acceptors (Lipinski definition) is 2. The van der Waals surface area contributed by atoms with Crippen molar-refractivity contribution in [1.82, 2.24) is 4.90 Å². The molecule has 0 aromatic heterocycles. The zero-order chi connectivity index (χ0) is 9.23. The van der Waals surface area contributed by atoms with Crippen molar-refractivity contribution < 1.29 is 4.74 Å². The highest BCUT2D eigenvalue weighted by Gasteiger charge is 1.96.